The Bertz CT molecular complexity index is 681. The molecule has 2 atom stereocenters. The summed E-state index contributed by atoms with van der Waals surface area (Å²) < 4.78 is 17.4. The van der Waals surface area contributed by atoms with E-state index in [0.717, 1.165) is 14.7 Å². The lowest BCUT2D eigenvalue weighted by Gasteiger charge is -2.25. The third-order valence-corrected chi connectivity index (χ3v) is 4.83. The summed E-state index contributed by atoms with van der Waals surface area (Å²) in [4.78, 5) is 12.0. The van der Waals surface area contributed by atoms with Crippen molar-refractivity contribution in [1.29, 1.82) is 0 Å². The average molecular weight is 469 g/mol. The fourth-order valence-corrected chi connectivity index (χ4v) is 3.22. The zero-order valence-corrected chi connectivity index (χ0v) is 17.1. The highest BCUT2D eigenvalue weighted by Gasteiger charge is 2.23. The quantitative estimate of drug-likeness (QED) is 0.434. The van der Waals surface area contributed by atoms with Crippen molar-refractivity contribution in [2.45, 2.75) is 19.6 Å². The van der Waals surface area contributed by atoms with Crippen LogP contribution in [0.2, 0.25) is 0 Å². The molecule has 0 aromatic heterocycles. The van der Waals surface area contributed by atoms with Crippen LogP contribution in [0.25, 0.3) is 0 Å². The van der Waals surface area contributed by atoms with E-state index in [-0.39, 0.29) is 25.4 Å². The molecule has 0 radical (unpaired) electrons. The van der Waals surface area contributed by atoms with E-state index < -0.39 is 6.09 Å². The smallest absolute Gasteiger partial charge is 0.407 e. The fraction of sp³-hybridized carbons (Fsp3) is 0.350. The summed E-state index contributed by atoms with van der Waals surface area (Å²) in [6.45, 7) is 2.86. The van der Waals surface area contributed by atoms with Gasteiger partial charge in [-0.2, -0.15) is 0 Å². The van der Waals surface area contributed by atoms with E-state index >= 15 is 0 Å². The van der Waals surface area contributed by atoms with Crippen LogP contribution >= 0.6 is 22.6 Å². The first-order chi connectivity index (χ1) is 12.6. The largest absolute Gasteiger partial charge is 0.449 e. The van der Waals surface area contributed by atoms with Crippen LogP contribution in [0, 0.1) is 9.49 Å². The molecule has 1 N–H and O–H groups in total. The molecule has 0 spiro atoms. The number of rotatable bonds is 9. The maximum Gasteiger partial charge on any atom is 0.407 e. The highest BCUT2D eigenvalue weighted by molar-refractivity contribution is 14.1. The summed E-state index contributed by atoms with van der Waals surface area (Å²) >= 11 is 2.28. The summed E-state index contributed by atoms with van der Waals surface area (Å²) in [7, 11) is 1.59. The summed E-state index contributed by atoms with van der Waals surface area (Å²) in [6, 6.07) is 17.7. The van der Waals surface area contributed by atoms with Crippen LogP contribution in [0.3, 0.4) is 0 Å². The van der Waals surface area contributed by atoms with Gasteiger partial charge in [0.15, 0.2) is 0 Å². The lowest BCUT2D eigenvalue weighted by atomic mass is 9.98. The first-order valence-electron chi connectivity index (χ1n) is 8.41. The zero-order valence-electron chi connectivity index (χ0n) is 15.0. The summed E-state index contributed by atoms with van der Waals surface area (Å²) in [5.41, 5.74) is 2.09. The first-order valence-corrected chi connectivity index (χ1v) is 9.49. The second kappa shape index (κ2) is 11.2. The van der Waals surface area contributed by atoms with Crippen LogP contribution in [0.1, 0.15) is 24.2 Å². The van der Waals surface area contributed by atoms with Crippen LogP contribution in [0.15, 0.2) is 54.6 Å². The number of methoxy groups -OCH3 is 1. The minimum absolute atomic E-state index is 0.0245. The van der Waals surface area contributed by atoms with Crippen molar-refractivity contribution in [3.8, 4) is 0 Å². The van der Waals surface area contributed by atoms with Crippen LogP contribution in [-0.2, 0) is 20.8 Å². The van der Waals surface area contributed by atoms with Gasteiger partial charge in [0.1, 0.15) is 6.79 Å². The highest BCUT2D eigenvalue weighted by atomic mass is 127. The number of carbonyl (C=O) groups excluding carboxylic acids is 1. The molecule has 140 valence electrons. The third-order valence-electron chi connectivity index (χ3n) is 3.85. The van der Waals surface area contributed by atoms with Gasteiger partial charge in [0.05, 0.1) is 12.7 Å². The Kier molecular flexibility index (Phi) is 8.87. The lowest BCUT2D eigenvalue weighted by Crippen LogP contribution is -2.28. The molecular formula is C20H24INO4. The standard InChI is InChI=1S/C20H24INO4/c1-15(13-25-20(23)22-12-16-8-4-3-5-9-16)19(26-14-24-2)17-10-6-7-11-18(17)21/h3-11,15,19H,12-14H2,1-2H3,(H,22,23)/t15?,19-/m1/s1. The maximum absolute atomic E-state index is 12.0. The minimum Gasteiger partial charge on any atom is -0.449 e. The van der Waals surface area contributed by atoms with Gasteiger partial charge in [-0.25, -0.2) is 4.79 Å². The van der Waals surface area contributed by atoms with E-state index in [0.29, 0.717) is 6.54 Å². The van der Waals surface area contributed by atoms with Gasteiger partial charge in [-0.1, -0.05) is 55.5 Å². The summed E-state index contributed by atoms with van der Waals surface area (Å²) in [6.07, 6.45) is -0.654. The van der Waals surface area contributed by atoms with E-state index in [1.54, 1.807) is 7.11 Å². The fourth-order valence-electron chi connectivity index (χ4n) is 2.52. The van der Waals surface area contributed by atoms with Crippen LogP contribution in [-0.4, -0.2) is 26.6 Å². The topological polar surface area (TPSA) is 56.8 Å². The van der Waals surface area contributed by atoms with E-state index in [4.69, 9.17) is 14.2 Å². The molecule has 0 aliphatic rings. The Morgan fingerprint density at radius 1 is 1.12 bits per heavy atom. The number of amides is 1. The number of carbonyl (C=O) groups is 1. The Balaban J connectivity index is 1.89. The molecule has 6 heteroatoms. The summed E-state index contributed by atoms with van der Waals surface area (Å²) in [5.74, 6) is -0.0245. The first kappa shape index (κ1) is 20.7. The number of alkyl carbamates (subject to hydrolysis) is 1. The molecule has 5 nitrogen and oxygen atoms in total. The molecule has 1 unspecified atom stereocenters. The molecule has 0 aliphatic carbocycles. The Morgan fingerprint density at radius 3 is 2.50 bits per heavy atom. The number of hydrogen-bond donors (Lipinski definition) is 1. The van der Waals surface area contributed by atoms with Crippen molar-refractivity contribution in [2.24, 2.45) is 5.92 Å². The van der Waals surface area contributed by atoms with Gasteiger partial charge >= 0.3 is 6.09 Å². The molecular weight excluding hydrogens is 445 g/mol. The van der Waals surface area contributed by atoms with Crippen molar-refractivity contribution in [3.63, 3.8) is 0 Å². The van der Waals surface area contributed by atoms with Gasteiger partial charge in [0, 0.05) is 23.1 Å². The molecule has 2 aromatic rings. The monoisotopic (exact) mass is 469 g/mol. The van der Waals surface area contributed by atoms with Crippen molar-refractivity contribution in [1.82, 2.24) is 5.32 Å². The normalized spacial score (nSPS) is 13.0. The maximum atomic E-state index is 12.0. The Morgan fingerprint density at radius 2 is 1.81 bits per heavy atom. The van der Waals surface area contributed by atoms with Crippen molar-refractivity contribution >= 4 is 28.7 Å². The van der Waals surface area contributed by atoms with E-state index in [2.05, 4.69) is 27.9 Å². The molecule has 0 fully saturated rings. The number of ether oxygens (including phenoxy) is 3. The molecule has 26 heavy (non-hydrogen) atoms. The van der Waals surface area contributed by atoms with Crippen LogP contribution < -0.4 is 5.32 Å². The predicted octanol–water partition coefficient (Wildman–Crippen LogP) is 4.52. The number of nitrogens with one attached hydrogen (secondary N) is 1. The lowest BCUT2D eigenvalue weighted by molar-refractivity contribution is -0.0977. The van der Waals surface area contributed by atoms with Gasteiger partial charge in [-0.3, -0.25) is 0 Å². The van der Waals surface area contributed by atoms with Crippen molar-refractivity contribution in [3.05, 3.63) is 69.3 Å². The van der Waals surface area contributed by atoms with Crippen molar-refractivity contribution in [2.75, 3.05) is 20.5 Å². The van der Waals surface area contributed by atoms with Gasteiger partial charge < -0.3 is 19.5 Å². The van der Waals surface area contributed by atoms with Crippen molar-refractivity contribution < 1.29 is 19.0 Å². The van der Waals surface area contributed by atoms with Gasteiger partial charge in [-0.15, -0.1) is 0 Å². The van der Waals surface area contributed by atoms with Crippen LogP contribution in [0.5, 0.6) is 0 Å². The Hall–Kier alpha value is -1.64. The number of halogens is 1. The number of benzene rings is 2. The summed E-state index contributed by atoms with van der Waals surface area (Å²) in [5, 5.41) is 2.76. The average Bonchev–Trinajstić information content (AvgIpc) is 2.67. The molecule has 1 amide bonds. The molecule has 0 bridgehead atoms. The predicted molar refractivity (Wildman–Crippen MR) is 109 cm³/mol. The zero-order chi connectivity index (χ0) is 18.8. The number of hydrogen-bond acceptors (Lipinski definition) is 4. The Labute approximate surface area is 168 Å². The van der Waals surface area contributed by atoms with Gasteiger partial charge in [0.25, 0.3) is 0 Å². The molecule has 0 aliphatic heterocycles. The molecule has 0 saturated carbocycles. The molecule has 0 heterocycles. The second-order valence-electron chi connectivity index (χ2n) is 5.93. The molecule has 2 rings (SSSR count). The third kappa shape index (κ3) is 6.59. The van der Waals surface area contributed by atoms with E-state index in [1.165, 1.54) is 0 Å². The van der Waals surface area contributed by atoms with Gasteiger partial charge in [0.2, 0.25) is 0 Å². The SMILES string of the molecule is COCO[C@@H](c1ccccc1I)C(C)COC(=O)NCc1ccccc1. The van der Waals surface area contributed by atoms with Gasteiger partial charge in [-0.05, 0) is 39.8 Å². The second-order valence-corrected chi connectivity index (χ2v) is 7.09. The van der Waals surface area contributed by atoms with E-state index in [1.807, 2.05) is 61.5 Å². The minimum atomic E-state index is -0.436. The van der Waals surface area contributed by atoms with Crippen LogP contribution in [0.4, 0.5) is 4.79 Å². The molecule has 0 saturated heterocycles. The van der Waals surface area contributed by atoms with E-state index in [9.17, 15) is 4.79 Å². The highest BCUT2D eigenvalue weighted by Crippen LogP contribution is 2.30. The molecule has 2 aromatic carbocycles.